The highest BCUT2D eigenvalue weighted by atomic mass is 35.5. The molecule has 0 saturated carbocycles. The van der Waals surface area contributed by atoms with Crippen molar-refractivity contribution in [2.75, 3.05) is 19.6 Å². The number of piperazine rings is 1. The Bertz CT molecular complexity index is 849. The summed E-state index contributed by atoms with van der Waals surface area (Å²) < 4.78 is 2.14. The normalized spacial score (nSPS) is 18.2. The molecule has 1 saturated heterocycles. The van der Waals surface area contributed by atoms with Crippen LogP contribution in [-0.4, -0.2) is 39.1 Å². The van der Waals surface area contributed by atoms with Gasteiger partial charge < -0.3 is 9.88 Å². The maximum absolute atomic E-state index is 6.13. The van der Waals surface area contributed by atoms with Gasteiger partial charge in [-0.3, -0.25) is 9.88 Å². The van der Waals surface area contributed by atoms with Gasteiger partial charge in [-0.05, 0) is 29.8 Å². The summed E-state index contributed by atoms with van der Waals surface area (Å²) in [5.41, 5.74) is 3.31. The highest BCUT2D eigenvalue weighted by Gasteiger charge is 2.25. The molecule has 7 heteroatoms. The third-order valence-corrected chi connectivity index (χ3v) is 4.94. The predicted octanol–water partition coefficient (Wildman–Crippen LogP) is 3.19. The summed E-state index contributed by atoms with van der Waals surface area (Å²) in [7, 11) is 2.06. The predicted molar refractivity (Wildman–Crippen MR) is 103 cm³/mol. The summed E-state index contributed by atoms with van der Waals surface area (Å²) in [6.45, 7) is 3.72. The lowest BCUT2D eigenvalue weighted by atomic mass is 10.1. The number of hydrogen-bond acceptors (Lipinski definition) is 4. The van der Waals surface area contributed by atoms with Crippen LogP contribution in [-0.2, 0) is 13.6 Å². The average Bonchev–Trinajstić information content (AvgIpc) is 2.92. The first kappa shape index (κ1) is 18.1. The first-order valence-electron chi connectivity index (χ1n) is 8.18. The van der Waals surface area contributed by atoms with Crippen LogP contribution in [0.4, 0.5) is 0 Å². The molecule has 3 aromatic rings. The number of benzene rings is 1. The highest BCUT2D eigenvalue weighted by molar-refractivity contribution is 6.31. The first-order valence-corrected chi connectivity index (χ1v) is 8.56. The van der Waals surface area contributed by atoms with Crippen LogP contribution >= 0.6 is 24.0 Å². The maximum atomic E-state index is 6.13. The lowest BCUT2D eigenvalue weighted by Gasteiger charge is -2.36. The van der Waals surface area contributed by atoms with E-state index in [2.05, 4.69) is 32.9 Å². The number of pyridine rings is 1. The SMILES string of the molecule is Cl.Cn1c(CN2CCNCC2c2cccnc2)nc2ccc(Cl)cc21. The molecule has 5 nitrogen and oxygen atoms in total. The summed E-state index contributed by atoms with van der Waals surface area (Å²) in [6.07, 6.45) is 3.78. The van der Waals surface area contributed by atoms with Gasteiger partial charge in [-0.2, -0.15) is 0 Å². The molecule has 25 heavy (non-hydrogen) atoms. The number of rotatable bonds is 3. The Morgan fingerprint density at radius 2 is 2.20 bits per heavy atom. The van der Waals surface area contributed by atoms with E-state index in [-0.39, 0.29) is 12.4 Å². The second-order valence-corrected chi connectivity index (χ2v) is 6.63. The van der Waals surface area contributed by atoms with Crippen molar-refractivity contribution >= 4 is 35.0 Å². The lowest BCUT2D eigenvalue weighted by molar-refractivity contribution is 0.148. The number of hydrogen-bond donors (Lipinski definition) is 1. The molecule has 3 heterocycles. The van der Waals surface area contributed by atoms with Crippen LogP contribution in [0.1, 0.15) is 17.4 Å². The number of imidazole rings is 1. The van der Waals surface area contributed by atoms with Gasteiger partial charge in [0.25, 0.3) is 0 Å². The highest BCUT2D eigenvalue weighted by Crippen LogP contribution is 2.25. The van der Waals surface area contributed by atoms with Crippen molar-refractivity contribution in [3.8, 4) is 0 Å². The van der Waals surface area contributed by atoms with Gasteiger partial charge in [-0.25, -0.2) is 4.98 Å². The van der Waals surface area contributed by atoms with E-state index in [1.54, 1.807) is 0 Å². The molecular weight excluding hydrogens is 357 g/mol. The minimum atomic E-state index is 0. The maximum Gasteiger partial charge on any atom is 0.123 e. The van der Waals surface area contributed by atoms with Gasteiger partial charge in [0.2, 0.25) is 0 Å². The molecule has 0 spiro atoms. The summed E-state index contributed by atoms with van der Waals surface area (Å²) in [5, 5.41) is 4.23. The van der Waals surface area contributed by atoms with Crippen molar-refractivity contribution in [3.05, 3.63) is 59.1 Å². The number of aryl methyl sites for hydroxylation is 1. The molecule has 0 radical (unpaired) electrons. The fourth-order valence-electron chi connectivity index (χ4n) is 3.37. The number of nitrogens with one attached hydrogen (secondary N) is 1. The van der Waals surface area contributed by atoms with Crippen molar-refractivity contribution in [3.63, 3.8) is 0 Å². The van der Waals surface area contributed by atoms with Gasteiger partial charge in [0.05, 0.1) is 17.6 Å². The van der Waals surface area contributed by atoms with Gasteiger partial charge >= 0.3 is 0 Å². The molecule has 1 unspecified atom stereocenters. The van der Waals surface area contributed by atoms with Crippen LogP contribution in [0.15, 0.2) is 42.7 Å². The zero-order chi connectivity index (χ0) is 16.5. The van der Waals surface area contributed by atoms with E-state index in [0.29, 0.717) is 6.04 Å². The third-order valence-electron chi connectivity index (χ3n) is 4.70. The Morgan fingerprint density at radius 1 is 1.32 bits per heavy atom. The van der Waals surface area contributed by atoms with Gasteiger partial charge in [-0.1, -0.05) is 17.7 Å². The van der Waals surface area contributed by atoms with Crippen LogP contribution in [0.25, 0.3) is 11.0 Å². The third kappa shape index (κ3) is 3.65. The van der Waals surface area contributed by atoms with Crippen LogP contribution < -0.4 is 5.32 Å². The molecule has 132 valence electrons. The van der Waals surface area contributed by atoms with Crippen molar-refractivity contribution in [1.82, 2.24) is 24.8 Å². The summed E-state index contributed by atoms with van der Waals surface area (Å²) in [4.78, 5) is 11.5. The van der Waals surface area contributed by atoms with E-state index in [1.165, 1.54) is 5.56 Å². The minimum Gasteiger partial charge on any atom is -0.330 e. The minimum absolute atomic E-state index is 0. The summed E-state index contributed by atoms with van der Waals surface area (Å²) in [5.74, 6) is 1.06. The smallest absolute Gasteiger partial charge is 0.123 e. The van der Waals surface area contributed by atoms with Crippen molar-refractivity contribution in [2.45, 2.75) is 12.6 Å². The van der Waals surface area contributed by atoms with Gasteiger partial charge in [0.1, 0.15) is 5.82 Å². The average molecular weight is 378 g/mol. The fourth-order valence-corrected chi connectivity index (χ4v) is 3.54. The molecule has 1 fully saturated rings. The lowest BCUT2D eigenvalue weighted by Crippen LogP contribution is -2.45. The second kappa shape index (κ2) is 7.70. The van der Waals surface area contributed by atoms with Gasteiger partial charge in [0, 0.05) is 50.1 Å². The van der Waals surface area contributed by atoms with E-state index in [9.17, 15) is 0 Å². The molecule has 1 aliphatic heterocycles. The zero-order valence-corrected chi connectivity index (χ0v) is 15.6. The molecule has 1 aromatic carbocycles. The Labute approximate surface area is 158 Å². The van der Waals surface area contributed by atoms with E-state index < -0.39 is 0 Å². The largest absolute Gasteiger partial charge is 0.330 e. The van der Waals surface area contributed by atoms with E-state index >= 15 is 0 Å². The van der Waals surface area contributed by atoms with E-state index in [1.807, 2.05) is 36.7 Å². The van der Waals surface area contributed by atoms with Crippen molar-refractivity contribution in [2.24, 2.45) is 7.05 Å². The van der Waals surface area contributed by atoms with Crippen molar-refractivity contribution < 1.29 is 0 Å². The Morgan fingerprint density at radius 3 is 3.00 bits per heavy atom. The van der Waals surface area contributed by atoms with Crippen LogP contribution in [0, 0.1) is 0 Å². The topological polar surface area (TPSA) is 46.0 Å². The summed E-state index contributed by atoms with van der Waals surface area (Å²) >= 11 is 6.13. The molecule has 1 N–H and O–H groups in total. The standard InChI is InChI=1S/C18H20ClN5.ClH/c1-23-16-9-14(19)4-5-15(16)22-18(23)12-24-8-7-21-11-17(24)13-3-2-6-20-10-13;/h2-6,9-10,17,21H,7-8,11-12H2,1H3;1H. The van der Waals surface area contributed by atoms with Crippen LogP contribution in [0.3, 0.4) is 0 Å². The van der Waals surface area contributed by atoms with Crippen LogP contribution in [0.2, 0.25) is 5.02 Å². The molecule has 0 amide bonds. The van der Waals surface area contributed by atoms with E-state index in [0.717, 1.165) is 48.1 Å². The number of halogens is 2. The molecule has 0 bridgehead atoms. The molecular formula is C18H21Cl2N5. The number of nitrogens with zero attached hydrogens (tertiary/aromatic N) is 4. The zero-order valence-electron chi connectivity index (χ0n) is 14.0. The Balaban J connectivity index is 0.00000182. The first-order chi connectivity index (χ1) is 11.7. The monoisotopic (exact) mass is 377 g/mol. The number of aromatic nitrogens is 3. The molecule has 2 aromatic heterocycles. The van der Waals surface area contributed by atoms with E-state index in [4.69, 9.17) is 16.6 Å². The summed E-state index contributed by atoms with van der Waals surface area (Å²) in [6, 6.07) is 10.3. The Hall–Kier alpha value is -1.66. The molecule has 0 aliphatic carbocycles. The van der Waals surface area contributed by atoms with Gasteiger partial charge in [0.15, 0.2) is 0 Å². The molecule has 4 rings (SSSR count). The van der Waals surface area contributed by atoms with Crippen molar-refractivity contribution in [1.29, 1.82) is 0 Å². The van der Waals surface area contributed by atoms with Gasteiger partial charge in [-0.15, -0.1) is 12.4 Å². The fraction of sp³-hybridized carbons (Fsp3) is 0.333. The second-order valence-electron chi connectivity index (χ2n) is 6.20. The number of fused-ring (bicyclic) bond motifs is 1. The van der Waals surface area contributed by atoms with Crippen LogP contribution in [0.5, 0.6) is 0 Å². The molecule has 1 atom stereocenters. The Kier molecular flexibility index (Phi) is 5.59. The molecule has 1 aliphatic rings. The quantitative estimate of drug-likeness (QED) is 0.761.